The van der Waals surface area contributed by atoms with Gasteiger partial charge in [0.15, 0.2) is 6.10 Å². The summed E-state index contributed by atoms with van der Waals surface area (Å²) in [5, 5.41) is 0. The molecule has 0 heterocycles. The van der Waals surface area contributed by atoms with Crippen molar-refractivity contribution in [3.63, 3.8) is 0 Å². The van der Waals surface area contributed by atoms with E-state index in [1.165, 1.54) is 173 Å². The van der Waals surface area contributed by atoms with Gasteiger partial charge in [-0.1, -0.05) is 281 Å². The second kappa shape index (κ2) is 52.7. The first-order valence-electron chi connectivity index (χ1n) is 27.4. The van der Waals surface area contributed by atoms with Gasteiger partial charge in [-0.25, -0.2) is 0 Å². The monoisotopic (exact) mass is 895 g/mol. The summed E-state index contributed by atoms with van der Waals surface area (Å²) in [5.41, 5.74) is 0. The molecule has 0 aromatic carbocycles. The molecule has 0 saturated carbocycles. The molecule has 0 aromatic rings. The van der Waals surface area contributed by atoms with Crippen LogP contribution in [0.15, 0.2) is 60.8 Å². The Hall–Kier alpha value is -2.89. The Kier molecular flexibility index (Phi) is 50.4. The lowest BCUT2D eigenvalue weighted by atomic mass is 10.0. The van der Waals surface area contributed by atoms with Crippen LogP contribution < -0.4 is 0 Å². The zero-order valence-corrected chi connectivity index (χ0v) is 42.3. The van der Waals surface area contributed by atoms with Gasteiger partial charge in [-0.05, 0) is 32.1 Å². The molecule has 0 aliphatic carbocycles. The van der Waals surface area contributed by atoms with E-state index in [0.717, 1.165) is 51.4 Å². The smallest absolute Gasteiger partial charge is 0.306 e. The van der Waals surface area contributed by atoms with Gasteiger partial charge in [0, 0.05) is 19.3 Å². The predicted octanol–water partition coefficient (Wildman–Crippen LogP) is 18.0. The third kappa shape index (κ3) is 50.1. The summed E-state index contributed by atoms with van der Waals surface area (Å²) < 4.78 is 16.8. The molecule has 0 bridgehead atoms. The number of hydrogen-bond donors (Lipinski definition) is 0. The number of allylic oxidation sites excluding steroid dienone is 10. The number of hydrogen-bond acceptors (Lipinski definition) is 6. The fourth-order valence-corrected chi connectivity index (χ4v) is 7.83. The van der Waals surface area contributed by atoms with Crippen molar-refractivity contribution in [1.82, 2.24) is 0 Å². The van der Waals surface area contributed by atoms with Gasteiger partial charge in [-0.15, -0.1) is 0 Å². The number of unbranched alkanes of at least 4 members (excludes halogenated alkanes) is 32. The van der Waals surface area contributed by atoms with Crippen LogP contribution in [0.25, 0.3) is 0 Å². The highest BCUT2D eigenvalue weighted by Crippen LogP contribution is 2.17. The molecule has 64 heavy (non-hydrogen) atoms. The summed E-state index contributed by atoms with van der Waals surface area (Å²) in [6.07, 6.45) is 65.0. The fourth-order valence-electron chi connectivity index (χ4n) is 7.83. The van der Waals surface area contributed by atoms with Crippen molar-refractivity contribution in [2.75, 3.05) is 13.2 Å². The largest absolute Gasteiger partial charge is 0.462 e. The van der Waals surface area contributed by atoms with Gasteiger partial charge >= 0.3 is 17.9 Å². The lowest BCUT2D eigenvalue weighted by molar-refractivity contribution is -0.167. The Bertz CT molecular complexity index is 1170. The van der Waals surface area contributed by atoms with Gasteiger partial charge in [-0.3, -0.25) is 14.4 Å². The van der Waals surface area contributed by atoms with E-state index in [0.29, 0.717) is 19.3 Å². The van der Waals surface area contributed by atoms with E-state index in [2.05, 4.69) is 26.8 Å². The first-order valence-corrected chi connectivity index (χ1v) is 27.4. The fraction of sp³-hybridized carbons (Fsp3) is 0.776. The summed E-state index contributed by atoms with van der Waals surface area (Å²) in [6.45, 7) is 6.46. The molecule has 0 aliphatic heterocycles. The van der Waals surface area contributed by atoms with Crippen molar-refractivity contribution in [3.8, 4) is 0 Å². The van der Waals surface area contributed by atoms with E-state index in [1.54, 1.807) is 0 Å². The molecular formula is C58H102O6. The van der Waals surface area contributed by atoms with Gasteiger partial charge < -0.3 is 14.2 Å². The number of rotatable bonds is 49. The molecule has 0 N–H and O–H groups in total. The molecule has 0 aromatic heterocycles. The van der Waals surface area contributed by atoms with Crippen LogP contribution in [0.4, 0.5) is 0 Å². The maximum absolute atomic E-state index is 12.8. The molecule has 0 radical (unpaired) electrons. The lowest BCUT2D eigenvalue weighted by Crippen LogP contribution is -2.30. The van der Waals surface area contributed by atoms with E-state index in [1.807, 2.05) is 54.7 Å². The van der Waals surface area contributed by atoms with E-state index in [4.69, 9.17) is 14.2 Å². The van der Waals surface area contributed by atoms with E-state index in [9.17, 15) is 14.4 Å². The molecule has 1 unspecified atom stereocenters. The summed E-state index contributed by atoms with van der Waals surface area (Å²) in [4.78, 5) is 38.0. The first-order chi connectivity index (χ1) is 31.5. The number of carbonyl (C=O) groups is 3. The van der Waals surface area contributed by atoms with Gasteiger partial charge in [-0.2, -0.15) is 0 Å². The average molecular weight is 895 g/mol. The molecule has 0 amide bonds. The maximum Gasteiger partial charge on any atom is 0.306 e. The highest BCUT2D eigenvalue weighted by Gasteiger charge is 2.19. The van der Waals surface area contributed by atoms with Crippen LogP contribution in [0, 0.1) is 0 Å². The molecule has 0 rings (SSSR count). The van der Waals surface area contributed by atoms with Crippen molar-refractivity contribution >= 4 is 17.9 Å². The molecule has 0 aliphatic rings. The maximum atomic E-state index is 12.8. The summed E-state index contributed by atoms with van der Waals surface area (Å²) in [5.74, 6) is -0.958. The highest BCUT2D eigenvalue weighted by molar-refractivity contribution is 5.71. The van der Waals surface area contributed by atoms with Crippen molar-refractivity contribution in [2.24, 2.45) is 0 Å². The topological polar surface area (TPSA) is 78.9 Å². The summed E-state index contributed by atoms with van der Waals surface area (Å²) in [7, 11) is 0. The molecule has 1 atom stereocenters. The standard InChI is InChI=1S/C58H102O6/c1-4-7-10-13-16-19-22-25-27-29-31-33-36-39-42-45-48-51-57(60)63-54-55(53-62-56(59)50-47-44-41-38-35-32-24-21-18-15-12-9-6-3)64-58(61)52-49-46-43-40-37-34-30-28-26-23-20-17-14-11-8-5-2/h9,12,15,18,21,24,32,35,38,41,55H,4-8,10-11,13-14,16-17,19-20,22-23,25-31,33-34,36-37,39-40,42-54H2,1-3H3/b12-9-,18-15-,24-21-,35-32-,41-38-. The molecule has 6 nitrogen and oxygen atoms in total. The molecule has 0 fully saturated rings. The normalized spacial score (nSPS) is 12.5. The minimum atomic E-state index is -0.799. The van der Waals surface area contributed by atoms with E-state index < -0.39 is 6.10 Å². The minimum Gasteiger partial charge on any atom is -0.462 e. The zero-order chi connectivity index (χ0) is 46.5. The second-order valence-electron chi connectivity index (χ2n) is 18.2. The molecule has 6 heteroatoms. The molecule has 0 saturated heterocycles. The zero-order valence-electron chi connectivity index (χ0n) is 42.3. The van der Waals surface area contributed by atoms with Gasteiger partial charge in [0.1, 0.15) is 13.2 Å². The van der Waals surface area contributed by atoms with Crippen LogP contribution >= 0.6 is 0 Å². The van der Waals surface area contributed by atoms with Crippen LogP contribution in [0.2, 0.25) is 0 Å². The molecule has 370 valence electrons. The number of esters is 3. The van der Waals surface area contributed by atoms with Crippen molar-refractivity contribution < 1.29 is 28.6 Å². The van der Waals surface area contributed by atoms with E-state index >= 15 is 0 Å². The third-order valence-electron chi connectivity index (χ3n) is 11.9. The van der Waals surface area contributed by atoms with Crippen LogP contribution in [0.1, 0.15) is 271 Å². The Morgan fingerprint density at radius 3 is 0.953 bits per heavy atom. The first kappa shape index (κ1) is 61.1. The molecule has 0 spiro atoms. The van der Waals surface area contributed by atoms with Crippen LogP contribution in [0.5, 0.6) is 0 Å². The highest BCUT2D eigenvalue weighted by atomic mass is 16.6. The predicted molar refractivity (Wildman–Crippen MR) is 275 cm³/mol. The van der Waals surface area contributed by atoms with Crippen molar-refractivity contribution in [2.45, 2.75) is 277 Å². The van der Waals surface area contributed by atoms with Gasteiger partial charge in [0.05, 0.1) is 0 Å². The Balaban J connectivity index is 4.41. The lowest BCUT2D eigenvalue weighted by Gasteiger charge is -2.18. The quantitative estimate of drug-likeness (QED) is 0.0262. The number of ether oxygens (including phenoxy) is 3. The van der Waals surface area contributed by atoms with Gasteiger partial charge in [0.2, 0.25) is 0 Å². The number of carbonyl (C=O) groups excluding carboxylic acids is 3. The van der Waals surface area contributed by atoms with Crippen LogP contribution in [-0.4, -0.2) is 37.2 Å². The van der Waals surface area contributed by atoms with Crippen LogP contribution in [0.3, 0.4) is 0 Å². The minimum absolute atomic E-state index is 0.0927. The van der Waals surface area contributed by atoms with E-state index in [-0.39, 0.29) is 37.5 Å². The SMILES string of the molecule is CC\C=C/C=C\C=C/C=C\C=C/CCCC(=O)OCC(COC(=O)CCCCCCCCCCCCCCCCCCC)OC(=O)CCCCCCCCCCCCCCCCCC. The Labute approximate surface area is 396 Å². The Morgan fingerprint density at radius 1 is 0.328 bits per heavy atom. The van der Waals surface area contributed by atoms with Gasteiger partial charge in [0.25, 0.3) is 0 Å². The summed E-state index contributed by atoms with van der Waals surface area (Å²) in [6, 6.07) is 0. The Morgan fingerprint density at radius 2 is 0.609 bits per heavy atom. The average Bonchev–Trinajstić information content (AvgIpc) is 3.29. The second-order valence-corrected chi connectivity index (χ2v) is 18.2. The summed E-state index contributed by atoms with van der Waals surface area (Å²) >= 11 is 0. The van der Waals surface area contributed by atoms with Crippen LogP contribution in [-0.2, 0) is 28.6 Å². The third-order valence-corrected chi connectivity index (χ3v) is 11.9. The van der Waals surface area contributed by atoms with Crippen molar-refractivity contribution in [1.29, 1.82) is 0 Å². The van der Waals surface area contributed by atoms with Crippen molar-refractivity contribution in [3.05, 3.63) is 60.8 Å². The molecular weight excluding hydrogens is 793 g/mol.